The van der Waals surface area contributed by atoms with Crippen molar-refractivity contribution < 1.29 is 9.47 Å². The maximum atomic E-state index is 5.88. The van der Waals surface area contributed by atoms with Gasteiger partial charge in [0.05, 0.1) is 13.2 Å². The second-order valence-electron chi connectivity index (χ2n) is 4.23. The average molecular weight is 342 g/mol. The third kappa shape index (κ3) is 3.33. The van der Waals surface area contributed by atoms with Gasteiger partial charge in [-0.2, -0.15) is 0 Å². The van der Waals surface area contributed by atoms with Crippen LogP contribution in [0.25, 0.3) is 11.4 Å². The van der Waals surface area contributed by atoms with E-state index in [1.807, 2.05) is 18.2 Å². The zero-order valence-electron chi connectivity index (χ0n) is 11.3. The van der Waals surface area contributed by atoms with Crippen LogP contribution in [0.2, 0.25) is 0 Å². The fourth-order valence-electron chi connectivity index (χ4n) is 1.79. The summed E-state index contributed by atoms with van der Waals surface area (Å²) in [4.78, 5) is 0. The molecule has 8 heteroatoms. The van der Waals surface area contributed by atoms with E-state index >= 15 is 0 Å². The topological polar surface area (TPSA) is 88.1 Å². The molecule has 0 fully saturated rings. The van der Waals surface area contributed by atoms with E-state index in [-0.39, 0.29) is 6.10 Å². The molecule has 1 heterocycles. The zero-order valence-corrected chi connectivity index (χ0v) is 12.9. The molecule has 20 heavy (non-hydrogen) atoms. The first-order valence-electron chi connectivity index (χ1n) is 5.99. The lowest BCUT2D eigenvalue weighted by Gasteiger charge is -2.14. The van der Waals surface area contributed by atoms with Crippen molar-refractivity contribution in [2.45, 2.75) is 12.6 Å². The number of nitrogens with zero attached hydrogens (tertiary/aromatic N) is 4. The maximum absolute atomic E-state index is 5.88. The lowest BCUT2D eigenvalue weighted by Crippen LogP contribution is -2.25. The van der Waals surface area contributed by atoms with Gasteiger partial charge in [0.25, 0.3) is 0 Å². The van der Waals surface area contributed by atoms with Crippen LogP contribution in [0, 0.1) is 0 Å². The largest absolute Gasteiger partial charge is 0.398 e. The van der Waals surface area contributed by atoms with Crippen LogP contribution in [0.5, 0.6) is 0 Å². The number of tetrazole rings is 1. The highest BCUT2D eigenvalue weighted by Gasteiger charge is 2.15. The minimum atomic E-state index is -0.116. The monoisotopic (exact) mass is 341 g/mol. The maximum Gasteiger partial charge on any atom is 0.182 e. The normalized spacial score (nSPS) is 12.6. The van der Waals surface area contributed by atoms with E-state index in [1.54, 1.807) is 18.9 Å². The number of ether oxygens (including phenoxy) is 2. The Hall–Kier alpha value is -1.51. The van der Waals surface area contributed by atoms with Crippen molar-refractivity contribution in [3.63, 3.8) is 0 Å². The fourth-order valence-corrected chi connectivity index (χ4v) is 2.04. The molecule has 0 amide bonds. The lowest BCUT2D eigenvalue weighted by atomic mass is 10.2. The number of benzene rings is 1. The van der Waals surface area contributed by atoms with Gasteiger partial charge in [0.2, 0.25) is 0 Å². The first-order valence-corrected chi connectivity index (χ1v) is 6.78. The Bertz CT molecular complexity index is 575. The Labute approximate surface area is 125 Å². The van der Waals surface area contributed by atoms with E-state index in [2.05, 4.69) is 31.5 Å². The molecule has 0 bridgehead atoms. The van der Waals surface area contributed by atoms with Crippen LogP contribution in [0.15, 0.2) is 22.7 Å². The highest BCUT2D eigenvalue weighted by Crippen LogP contribution is 2.25. The summed E-state index contributed by atoms with van der Waals surface area (Å²) in [5.74, 6) is 0.641. The molecule has 7 nitrogen and oxygen atoms in total. The summed E-state index contributed by atoms with van der Waals surface area (Å²) in [5.41, 5.74) is 7.37. The molecular formula is C12H16BrN5O2. The molecule has 0 aliphatic carbocycles. The van der Waals surface area contributed by atoms with Gasteiger partial charge in [-0.15, -0.1) is 5.10 Å². The van der Waals surface area contributed by atoms with Gasteiger partial charge in [-0.3, -0.25) is 0 Å². The van der Waals surface area contributed by atoms with Crippen LogP contribution in [-0.2, 0) is 16.0 Å². The van der Waals surface area contributed by atoms with Crippen LogP contribution >= 0.6 is 15.9 Å². The quantitative estimate of drug-likeness (QED) is 0.797. The smallest absolute Gasteiger partial charge is 0.182 e. The Morgan fingerprint density at radius 3 is 2.85 bits per heavy atom. The van der Waals surface area contributed by atoms with Gasteiger partial charge >= 0.3 is 0 Å². The van der Waals surface area contributed by atoms with E-state index in [0.29, 0.717) is 24.7 Å². The Morgan fingerprint density at radius 2 is 2.20 bits per heavy atom. The molecule has 0 saturated heterocycles. The van der Waals surface area contributed by atoms with Gasteiger partial charge in [-0.05, 0) is 44.6 Å². The number of hydrogen-bond donors (Lipinski definition) is 1. The molecule has 1 aromatic carbocycles. The van der Waals surface area contributed by atoms with Gasteiger partial charge < -0.3 is 15.2 Å². The molecule has 108 valence electrons. The Morgan fingerprint density at radius 1 is 1.40 bits per heavy atom. The van der Waals surface area contributed by atoms with Gasteiger partial charge in [-0.25, -0.2) is 4.68 Å². The van der Waals surface area contributed by atoms with Crippen molar-refractivity contribution in [3.8, 4) is 11.4 Å². The number of aromatic nitrogens is 4. The number of methoxy groups -OCH3 is 2. The van der Waals surface area contributed by atoms with Gasteiger partial charge in [-0.1, -0.05) is 0 Å². The van der Waals surface area contributed by atoms with Crippen molar-refractivity contribution >= 4 is 21.6 Å². The Kier molecular flexibility index (Phi) is 5.05. The van der Waals surface area contributed by atoms with Crippen LogP contribution in [-0.4, -0.2) is 47.1 Å². The molecular weight excluding hydrogens is 326 g/mol. The summed E-state index contributed by atoms with van der Waals surface area (Å²) >= 11 is 3.36. The van der Waals surface area contributed by atoms with E-state index in [0.717, 1.165) is 10.0 Å². The number of nitrogens with two attached hydrogens (primary N) is 1. The molecule has 0 spiro atoms. The molecule has 2 aromatic rings. The molecule has 1 unspecified atom stereocenters. The molecule has 1 atom stereocenters. The van der Waals surface area contributed by atoms with Crippen molar-refractivity contribution in [2.75, 3.05) is 26.6 Å². The minimum Gasteiger partial charge on any atom is -0.398 e. The van der Waals surface area contributed by atoms with E-state index in [4.69, 9.17) is 15.2 Å². The summed E-state index contributed by atoms with van der Waals surface area (Å²) in [7, 11) is 3.26. The van der Waals surface area contributed by atoms with Crippen molar-refractivity contribution in [1.82, 2.24) is 20.2 Å². The molecule has 0 radical (unpaired) electrons. The van der Waals surface area contributed by atoms with Crippen LogP contribution in [0.4, 0.5) is 5.69 Å². The van der Waals surface area contributed by atoms with E-state index in [1.165, 1.54) is 0 Å². The van der Waals surface area contributed by atoms with E-state index < -0.39 is 0 Å². The minimum absolute atomic E-state index is 0.116. The summed E-state index contributed by atoms with van der Waals surface area (Å²) in [6, 6.07) is 5.60. The van der Waals surface area contributed by atoms with Crippen molar-refractivity contribution in [3.05, 3.63) is 22.7 Å². The SMILES string of the molecule is COCC(Cn1nnnc1-c1ccc(Br)c(N)c1)OC. The van der Waals surface area contributed by atoms with Gasteiger partial charge in [0, 0.05) is 29.9 Å². The lowest BCUT2D eigenvalue weighted by molar-refractivity contribution is 0.0163. The molecule has 0 aliphatic rings. The third-order valence-corrected chi connectivity index (χ3v) is 3.57. The van der Waals surface area contributed by atoms with Crippen LogP contribution < -0.4 is 5.73 Å². The van der Waals surface area contributed by atoms with Gasteiger partial charge in [0.15, 0.2) is 5.82 Å². The molecule has 0 aliphatic heterocycles. The predicted molar refractivity (Wildman–Crippen MR) is 78.0 cm³/mol. The molecule has 2 rings (SSSR count). The summed E-state index contributed by atoms with van der Waals surface area (Å²) in [5, 5.41) is 11.7. The molecule has 1 aromatic heterocycles. The predicted octanol–water partition coefficient (Wildman–Crippen LogP) is 1.35. The van der Waals surface area contributed by atoms with E-state index in [9.17, 15) is 0 Å². The number of halogens is 1. The summed E-state index contributed by atoms with van der Waals surface area (Å²) in [6.07, 6.45) is -0.116. The second-order valence-corrected chi connectivity index (χ2v) is 5.09. The molecule has 2 N–H and O–H groups in total. The van der Waals surface area contributed by atoms with Gasteiger partial charge in [0.1, 0.15) is 6.10 Å². The first-order chi connectivity index (χ1) is 9.65. The highest BCUT2D eigenvalue weighted by atomic mass is 79.9. The summed E-state index contributed by atoms with van der Waals surface area (Å²) in [6.45, 7) is 0.973. The average Bonchev–Trinajstić information content (AvgIpc) is 2.89. The third-order valence-electron chi connectivity index (χ3n) is 2.85. The zero-order chi connectivity index (χ0) is 14.5. The van der Waals surface area contributed by atoms with Crippen molar-refractivity contribution in [1.29, 1.82) is 0 Å². The number of hydrogen-bond acceptors (Lipinski definition) is 6. The first kappa shape index (κ1) is 14.9. The number of nitrogen functional groups attached to an aromatic ring is 1. The number of anilines is 1. The Balaban J connectivity index is 2.25. The highest BCUT2D eigenvalue weighted by molar-refractivity contribution is 9.10. The number of rotatable bonds is 6. The van der Waals surface area contributed by atoms with Crippen LogP contribution in [0.3, 0.4) is 0 Å². The molecule has 0 saturated carbocycles. The second kappa shape index (κ2) is 6.78. The van der Waals surface area contributed by atoms with Crippen molar-refractivity contribution in [2.24, 2.45) is 0 Å². The fraction of sp³-hybridized carbons (Fsp3) is 0.417. The van der Waals surface area contributed by atoms with Crippen LogP contribution in [0.1, 0.15) is 0 Å². The summed E-state index contributed by atoms with van der Waals surface area (Å²) < 4.78 is 12.9. The standard InChI is InChI=1S/C12H16BrN5O2/c1-19-7-9(20-2)6-18-12(15-16-17-18)8-3-4-10(13)11(14)5-8/h3-5,9H,6-7,14H2,1-2H3.